The lowest BCUT2D eigenvalue weighted by Crippen LogP contribution is -1.96. The van der Waals surface area contributed by atoms with Crippen LogP contribution in [0.15, 0.2) is 18.2 Å². The van der Waals surface area contributed by atoms with Gasteiger partial charge in [-0.3, -0.25) is 0 Å². The Balaban J connectivity index is 2.08. The summed E-state index contributed by atoms with van der Waals surface area (Å²) in [5, 5.41) is 8.73. The summed E-state index contributed by atoms with van der Waals surface area (Å²) in [7, 11) is 3.17. The molecule has 0 amide bonds. The number of rotatable bonds is 5. The van der Waals surface area contributed by atoms with Crippen LogP contribution >= 0.6 is 11.3 Å². The Morgan fingerprint density at radius 3 is 2.17 bits per heavy atom. The average Bonchev–Trinajstić information content (AvgIpc) is 2.81. The first-order chi connectivity index (χ1) is 8.71. The molecule has 0 bridgehead atoms. The summed E-state index contributed by atoms with van der Waals surface area (Å²) in [6.45, 7) is 0.311. The van der Waals surface area contributed by atoms with Gasteiger partial charge in [0, 0.05) is 18.2 Å². The van der Waals surface area contributed by atoms with Gasteiger partial charge in [-0.15, -0.1) is 10.2 Å². The molecule has 6 nitrogen and oxygen atoms in total. The third-order valence-corrected chi connectivity index (χ3v) is 2.90. The molecule has 2 rings (SSSR count). The molecule has 96 valence electrons. The van der Waals surface area contributed by atoms with Gasteiger partial charge >= 0.3 is 0 Å². The topological polar surface area (TPSA) is 79.5 Å². The van der Waals surface area contributed by atoms with Gasteiger partial charge in [-0.25, -0.2) is 0 Å². The van der Waals surface area contributed by atoms with E-state index in [0.717, 1.165) is 0 Å². The minimum Gasteiger partial charge on any atom is -0.496 e. The van der Waals surface area contributed by atoms with E-state index >= 15 is 0 Å². The predicted octanol–water partition coefficient (Wildman–Crippen LogP) is 1.72. The minimum atomic E-state index is 0.311. The molecule has 1 aromatic carbocycles. The third-order valence-electron chi connectivity index (χ3n) is 2.17. The fourth-order valence-electron chi connectivity index (χ4n) is 1.33. The summed E-state index contributed by atoms with van der Waals surface area (Å²) in [6, 6.07) is 5.32. The Morgan fingerprint density at radius 2 is 1.67 bits per heavy atom. The number of nitrogens with two attached hydrogens (primary N) is 1. The van der Waals surface area contributed by atoms with Gasteiger partial charge in [-0.1, -0.05) is 11.3 Å². The van der Waals surface area contributed by atoms with E-state index in [1.54, 1.807) is 32.4 Å². The smallest absolute Gasteiger partial charge is 0.203 e. The summed E-state index contributed by atoms with van der Waals surface area (Å²) in [5.41, 5.74) is 5.49. The quantitative estimate of drug-likeness (QED) is 0.888. The van der Waals surface area contributed by atoms with Crippen LogP contribution in [0.5, 0.6) is 17.2 Å². The number of anilines is 1. The number of benzene rings is 1. The Kier molecular flexibility index (Phi) is 3.83. The van der Waals surface area contributed by atoms with E-state index in [1.165, 1.54) is 11.3 Å². The summed E-state index contributed by atoms with van der Waals surface area (Å²) < 4.78 is 15.9. The SMILES string of the molecule is COc1cc(OC)cc(OCc2nnc(N)s2)c1. The molecule has 0 saturated heterocycles. The van der Waals surface area contributed by atoms with Crippen LogP contribution < -0.4 is 19.9 Å². The van der Waals surface area contributed by atoms with Crippen LogP contribution in [0.4, 0.5) is 5.13 Å². The van der Waals surface area contributed by atoms with Crippen LogP contribution in [0.1, 0.15) is 5.01 Å². The Hall–Kier alpha value is -2.02. The first-order valence-corrected chi connectivity index (χ1v) is 5.96. The largest absolute Gasteiger partial charge is 0.496 e. The van der Waals surface area contributed by atoms with E-state index in [9.17, 15) is 0 Å². The summed E-state index contributed by atoms with van der Waals surface area (Å²) in [4.78, 5) is 0. The Bertz CT molecular complexity index is 508. The zero-order valence-corrected chi connectivity index (χ0v) is 10.9. The molecule has 0 aliphatic heterocycles. The molecule has 2 N–H and O–H groups in total. The zero-order valence-electron chi connectivity index (χ0n) is 10.0. The molecule has 0 atom stereocenters. The van der Waals surface area contributed by atoms with E-state index in [0.29, 0.717) is 34.0 Å². The van der Waals surface area contributed by atoms with Crippen molar-refractivity contribution in [3.8, 4) is 17.2 Å². The van der Waals surface area contributed by atoms with Gasteiger partial charge in [0.2, 0.25) is 5.13 Å². The molecule has 0 unspecified atom stereocenters. The predicted molar refractivity (Wildman–Crippen MR) is 68.2 cm³/mol. The van der Waals surface area contributed by atoms with E-state index in [4.69, 9.17) is 19.9 Å². The lowest BCUT2D eigenvalue weighted by atomic mass is 10.3. The normalized spacial score (nSPS) is 10.1. The van der Waals surface area contributed by atoms with Crippen LogP contribution in [-0.4, -0.2) is 24.4 Å². The van der Waals surface area contributed by atoms with Gasteiger partial charge in [0.25, 0.3) is 0 Å². The van der Waals surface area contributed by atoms with Crippen molar-refractivity contribution in [1.29, 1.82) is 0 Å². The lowest BCUT2D eigenvalue weighted by Gasteiger charge is -2.08. The van der Waals surface area contributed by atoms with Crippen LogP contribution in [-0.2, 0) is 6.61 Å². The Labute approximate surface area is 108 Å². The first kappa shape index (κ1) is 12.4. The van der Waals surface area contributed by atoms with Gasteiger partial charge in [0.15, 0.2) is 5.01 Å². The van der Waals surface area contributed by atoms with Gasteiger partial charge < -0.3 is 19.9 Å². The van der Waals surface area contributed by atoms with Gasteiger partial charge in [-0.05, 0) is 0 Å². The van der Waals surface area contributed by atoms with Crippen molar-refractivity contribution in [3.63, 3.8) is 0 Å². The molecule has 0 aliphatic carbocycles. The van der Waals surface area contributed by atoms with Crippen molar-refractivity contribution in [2.45, 2.75) is 6.61 Å². The molecule has 18 heavy (non-hydrogen) atoms. The van der Waals surface area contributed by atoms with Crippen LogP contribution in [0.3, 0.4) is 0 Å². The molecule has 0 radical (unpaired) electrons. The molecule has 1 aromatic heterocycles. The first-order valence-electron chi connectivity index (χ1n) is 5.15. The van der Waals surface area contributed by atoms with Gasteiger partial charge in [0.1, 0.15) is 23.9 Å². The number of ether oxygens (including phenoxy) is 3. The number of nitrogens with zero attached hydrogens (tertiary/aromatic N) is 2. The Morgan fingerprint density at radius 1 is 1.06 bits per heavy atom. The van der Waals surface area contributed by atoms with Crippen molar-refractivity contribution in [3.05, 3.63) is 23.2 Å². The molecule has 0 aliphatic rings. The number of nitrogen functional groups attached to an aromatic ring is 1. The van der Waals surface area contributed by atoms with Crippen molar-refractivity contribution in [1.82, 2.24) is 10.2 Å². The lowest BCUT2D eigenvalue weighted by molar-refractivity contribution is 0.299. The molecule has 1 heterocycles. The maximum atomic E-state index is 5.58. The maximum absolute atomic E-state index is 5.58. The summed E-state index contributed by atoms with van der Waals surface area (Å²) >= 11 is 1.29. The van der Waals surface area contributed by atoms with Crippen LogP contribution in [0.2, 0.25) is 0 Å². The molecule has 2 aromatic rings. The molecular weight excluding hydrogens is 254 g/mol. The van der Waals surface area contributed by atoms with E-state index in [1.807, 2.05) is 0 Å². The van der Waals surface area contributed by atoms with Gasteiger partial charge in [-0.2, -0.15) is 0 Å². The zero-order chi connectivity index (χ0) is 13.0. The highest BCUT2D eigenvalue weighted by molar-refractivity contribution is 7.15. The number of hydrogen-bond donors (Lipinski definition) is 1. The highest BCUT2D eigenvalue weighted by Gasteiger charge is 2.05. The van der Waals surface area contributed by atoms with Crippen LogP contribution in [0, 0.1) is 0 Å². The van der Waals surface area contributed by atoms with Crippen LogP contribution in [0.25, 0.3) is 0 Å². The van der Waals surface area contributed by atoms with Gasteiger partial charge in [0.05, 0.1) is 14.2 Å². The second-order valence-corrected chi connectivity index (χ2v) is 4.46. The second kappa shape index (κ2) is 5.54. The fourth-order valence-corrected chi connectivity index (χ4v) is 1.86. The second-order valence-electron chi connectivity index (χ2n) is 3.37. The van der Waals surface area contributed by atoms with E-state index in [-0.39, 0.29) is 0 Å². The summed E-state index contributed by atoms with van der Waals surface area (Å²) in [5.74, 6) is 1.97. The highest BCUT2D eigenvalue weighted by atomic mass is 32.1. The molecule has 0 fully saturated rings. The molecular formula is C11H13N3O3S. The van der Waals surface area contributed by atoms with E-state index < -0.39 is 0 Å². The van der Waals surface area contributed by atoms with E-state index in [2.05, 4.69) is 10.2 Å². The summed E-state index contributed by atoms with van der Waals surface area (Å²) in [6.07, 6.45) is 0. The third kappa shape index (κ3) is 3.01. The monoisotopic (exact) mass is 267 g/mol. The standard InChI is InChI=1S/C11H13N3O3S/c1-15-7-3-8(16-2)5-9(4-7)17-6-10-13-14-11(12)18-10/h3-5H,6H2,1-2H3,(H2,12,14). The van der Waals surface area contributed by atoms with Crippen molar-refractivity contribution >= 4 is 16.5 Å². The fraction of sp³-hybridized carbons (Fsp3) is 0.273. The highest BCUT2D eigenvalue weighted by Crippen LogP contribution is 2.28. The maximum Gasteiger partial charge on any atom is 0.203 e. The molecule has 7 heteroatoms. The van der Waals surface area contributed by atoms with Crippen molar-refractivity contribution in [2.75, 3.05) is 20.0 Å². The molecule has 0 saturated carbocycles. The minimum absolute atomic E-state index is 0.311. The van der Waals surface area contributed by atoms with Crippen molar-refractivity contribution in [2.24, 2.45) is 0 Å². The number of hydrogen-bond acceptors (Lipinski definition) is 7. The number of aromatic nitrogens is 2. The number of methoxy groups -OCH3 is 2. The van der Waals surface area contributed by atoms with Crippen molar-refractivity contribution < 1.29 is 14.2 Å². The molecule has 0 spiro atoms. The average molecular weight is 267 g/mol.